The lowest BCUT2D eigenvalue weighted by molar-refractivity contribution is 0.0729. The van der Waals surface area contributed by atoms with Gasteiger partial charge in [0.25, 0.3) is 0 Å². The van der Waals surface area contributed by atoms with E-state index in [4.69, 9.17) is 9.47 Å². The minimum atomic E-state index is -3.51. The molecule has 0 spiro atoms. The van der Waals surface area contributed by atoms with Gasteiger partial charge in [0.1, 0.15) is 10.6 Å². The first-order chi connectivity index (χ1) is 9.55. The lowest BCUT2D eigenvalue weighted by atomic mass is 10.2. The van der Waals surface area contributed by atoms with Crippen LogP contribution in [0.2, 0.25) is 0 Å². The van der Waals surface area contributed by atoms with Crippen molar-refractivity contribution in [3.63, 3.8) is 0 Å². The molecule has 112 valence electrons. The summed E-state index contributed by atoms with van der Waals surface area (Å²) in [5.41, 5.74) is 0.983. The van der Waals surface area contributed by atoms with Crippen LogP contribution >= 0.6 is 0 Å². The van der Waals surface area contributed by atoms with Crippen molar-refractivity contribution in [3.8, 4) is 5.75 Å². The molecular weight excluding hydrogens is 278 g/mol. The van der Waals surface area contributed by atoms with Crippen LogP contribution < -0.4 is 4.74 Å². The zero-order valence-electron chi connectivity index (χ0n) is 12.0. The summed E-state index contributed by atoms with van der Waals surface area (Å²) in [5, 5.41) is 0. The van der Waals surface area contributed by atoms with Crippen LogP contribution in [0.15, 0.2) is 23.1 Å². The highest BCUT2D eigenvalue weighted by Crippen LogP contribution is 2.28. The molecule has 0 aliphatic carbocycles. The van der Waals surface area contributed by atoms with Crippen LogP contribution in [0.3, 0.4) is 0 Å². The van der Waals surface area contributed by atoms with Crippen molar-refractivity contribution in [2.45, 2.75) is 25.2 Å². The fourth-order valence-corrected chi connectivity index (χ4v) is 3.60. The van der Waals surface area contributed by atoms with Gasteiger partial charge in [0, 0.05) is 13.1 Å². The molecule has 0 radical (unpaired) electrons. The number of sulfonamides is 1. The smallest absolute Gasteiger partial charge is 0.246 e. The van der Waals surface area contributed by atoms with Crippen LogP contribution in [-0.4, -0.2) is 45.6 Å². The maximum absolute atomic E-state index is 12.7. The van der Waals surface area contributed by atoms with Gasteiger partial charge in [-0.2, -0.15) is 4.31 Å². The first-order valence-corrected chi connectivity index (χ1v) is 8.31. The molecular formula is C14H21NO4S. The van der Waals surface area contributed by atoms with Crippen molar-refractivity contribution >= 4 is 10.0 Å². The van der Waals surface area contributed by atoms with E-state index in [1.807, 2.05) is 13.8 Å². The second kappa shape index (κ2) is 6.56. The molecule has 5 nitrogen and oxygen atoms in total. The Kier molecular flexibility index (Phi) is 5.01. The van der Waals surface area contributed by atoms with E-state index in [9.17, 15) is 8.42 Å². The highest BCUT2D eigenvalue weighted by molar-refractivity contribution is 7.89. The SMILES string of the molecule is CCCOc1cc(C)ccc1S(=O)(=O)N1CCOCC1. The van der Waals surface area contributed by atoms with Gasteiger partial charge in [-0.15, -0.1) is 0 Å². The van der Waals surface area contributed by atoms with E-state index in [2.05, 4.69) is 0 Å². The lowest BCUT2D eigenvalue weighted by Crippen LogP contribution is -2.40. The van der Waals surface area contributed by atoms with Gasteiger partial charge in [0.05, 0.1) is 19.8 Å². The molecule has 1 saturated heterocycles. The number of aryl methyl sites for hydroxylation is 1. The van der Waals surface area contributed by atoms with Crippen LogP contribution in [-0.2, 0) is 14.8 Å². The fourth-order valence-electron chi connectivity index (χ4n) is 2.08. The Morgan fingerprint density at radius 1 is 1.30 bits per heavy atom. The first-order valence-electron chi connectivity index (χ1n) is 6.87. The lowest BCUT2D eigenvalue weighted by Gasteiger charge is -2.26. The number of hydrogen-bond donors (Lipinski definition) is 0. The van der Waals surface area contributed by atoms with Crippen molar-refractivity contribution in [3.05, 3.63) is 23.8 Å². The van der Waals surface area contributed by atoms with E-state index >= 15 is 0 Å². The molecule has 1 aromatic carbocycles. The zero-order valence-corrected chi connectivity index (χ0v) is 12.8. The molecule has 0 aromatic heterocycles. The number of morpholine rings is 1. The monoisotopic (exact) mass is 299 g/mol. The summed E-state index contributed by atoms with van der Waals surface area (Å²) in [7, 11) is -3.51. The predicted octanol–water partition coefficient (Wildman–Crippen LogP) is 1.80. The fraction of sp³-hybridized carbons (Fsp3) is 0.571. The summed E-state index contributed by atoms with van der Waals surface area (Å²) < 4.78 is 37.6. The Balaban J connectivity index is 2.34. The third-order valence-corrected chi connectivity index (χ3v) is 5.09. The van der Waals surface area contributed by atoms with E-state index in [1.54, 1.807) is 18.2 Å². The molecule has 6 heteroatoms. The zero-order chi connectivity index (χ0) is 14.6. The third kappa shape index (κ3) is 3.31. The molecule has 0 amide bonds. The second-order valence-electron chi connectivity index (χ2n) is 4.82. The normalized spacial score (nSPS) is 17.1. The number of hydrogen-bond acceptors (Lipinski definition) is 4. The molecule has 1 aliphatic rings. The average molecular weight is 299 g/mol. The molecule has 1 aliphatic heterocycles. The molecule has 20 heavy (non-hydrogen) atoms. The minimum Gasteiger partial charge on any atom is -0.492 e. The Labute approximate surface area is 120 Å². The molecule has 0 atom stereocenters. The van der Waals surface area contributed by atoms with Gasteiger partial charge < -0.3 is 9.47 Å². The van der Waals surface area contributed by atoms with Gasteiger partial charge >= 0.3 is 0 Å². The van der Waals surface area contributed by atoms with Crippen LogP contribution in [0.4, 0.5) is 0 Å². The third-order valence-electron chi connectivity index (χ3n) is 3.15. The largest absolute Gasteiger partial charge is 0.492 e. The topological polar surface area (TPSA) is 55.8 Å². The molecule has 1 heterocycles. The molecule has 0 N–H and O–H groups in total. The van der Waals surface area contributed by atoms with E-state index in [1.165, 1.54) is 4.31 Å². The highest BCUT2D eigenvalue weighted by atomic mass is 32.2. The van der Waals surface area contributed by atoms with Gasteiger partial charge in [0.2, 0.25) is 10.0 Å². The molecule has 1 fully saturated rings. The summed E-state index contributed by atoms with van der Waals surface area (Å²) in [5.74, 6) is 0.443. The number of nitrogens with zero attached hydrogens (tertiary/aromatic N) is 1. The van der Waals surface area contributed by atoms with Gasteiger partial charge in [-0.05, 0) is 31.0 Å². The summed E-state index contributed by atoms with van der Waals surface area (Å²) in [6.07, 6.45) is 0.838. The van der Waals surface area contributed by atoms with Gasteiger partial charge in [-0.1, -0.05) is 13.0 Å². The second-order valence-corrected chi connectivity index (χ2v) is 6.72. The predicted molar refractivity (Wildman–Crippen MR) is 76.5 cm³/mol. The summed E-state index contributed by atoms with van der Waals surface area (Å²) in [6.45, 7) is 6.09. The van der Waals surface area contributed by atoms with E-state index < -0.39 is 10.0 Å². The molecule has 0 saturated carbocycles. The van der Waals surface area contributed by atoms with Crippen molar-refractivity contribution in [2.24, 2.45) is 0 Å². The quantitative estimate of drug-likeness (QED) is 0.832. The van der Waals surface area contributed by atoms with Crippen LogP contribution in [0.25, 0.3) is 0 Å². The first kappa shape index (κ1) is 15.3. The van der Waals surface area contributed by atoms with Gasteiger partial charge in [-0.3, -0.25) is 0 Å². The minimum absolute atomic E-state index is 0.249. The summed E-state index contributed by atoms with van der Waals surface area (Å²) >= 11 is 0. The summed E-state index contributed by atoms with van der Waals surface area (Å²) in [4.78, 5) is 0.249. The number of ether oxygens (including phenoxy) is 2. The van der Waals surface area contributed by atoms with Crippen molar-refractivity contribution in [1.82, 2.24) is 4.31 Å². The number of benzene rings is 1. The maximum Gasteiger partial charge on any atom is 0.246 e. The van der Waals surface area contributed by atoms with Gasteiger partial charge in [-0.25, -0.2) is 8.42 Å². The van der Waals surface area contributed by atoms with Crippen LogP contribution in [0, 0.1) is 6.92 Å². The Morgan fingerprint density at radius 3 is 2.65 bits per heavy atom. The van der Waals surface area contributed by atoms with Crippen molar-refractivity contribution in [2.75, 3.05) is 32.9 Å². The molecule has 0 unspecified atom stereocenters. The number of rotatable bonds is 5. The summed E-state index contributed by atoms with van der Waals surface area (Å²) in [6, 6.07) is 5.21. The average Bonchev–Trinajstić information content (AvgIpc) is 2.46. The standard InChI is InChI=1S/C14H21NO4S/c1-3-8-19-13-11-12(2)4-5-14(13)20(16,17)15-6-9-18-10-7-15/h4-5,11H,3,6-10H2,1-2H3. The van der Waals surface area contributed by atoms with E-state index in [0.29, 0.717) is 38.7 Å². The highest BCUT2D eigenvalue weighted by Gasteiger charge is 2.29. The van der Waals surface area contributed by atoms with E-state index in [-0.39, 0.29) is 4.90 Å². The molecule has 2 rings (SSSR count). The van der Waals surface area contributed by atoms with E-state index in [0.717, 1.165) is 12.0 Å². The van der Waals surface area contributed by atoms with Crippen molar-refractivity contribution < 1.29 is 17.9 Å². The maximum atomic E-state index is 12.7. The van der Waals surface area contributed by atoms with Gasteiger partial charge in [0.15, 0.2) is 0 Å². The van der Waals surface area contributed by atoms with Crippen molar-refractivity contribution in [1.29, 1.82) is 0 Å². The Hall–Kier alpha value is -1.11. The Morgan fingerprint density at radius 2 is 2.00 bits per heavy atom. The Bertz CT molecular complexity index is 550. The van der Waals surface area contributed by atoms with Crippen LogP contribution in [0.1, 0.15) is 18.9 Å². The molecule has 1 aromatic rings. The molecule has 0 bridgehead atoms. The van der Waals surface area contributed by atoms with Crippen LogP contribution in [0.5, 0.6) is 5.75 Å².